The van der Waals surface area contributed by atoms with E-state index in [1.807, 2.05) is 0 Å². The van der Waals surface area contributed by atoms with Crippen molar-refractivity contribution in [2.75, 3.05) is 19.8 Å². The van der Waals surface area contributed by atoms with Crippen LogP contribution in [0.15, 0.2) is 72.9 Å². The maximum Gasteiger partial charge on any atom is 0.306 e. The van der Waals surface area contributed by atoms with Crippen LogP contribution in [0.3, 0.4) is 0 Å². The second kappa shape index (κ2) is 60.6. The van der Waals surface area contributed by atoms with E-state index < -0.39 is 6.10 Å². The van der Waals surface area contributed by atoms with Gasteiger partial charge in [0.2, 0.25) is 0 Å². The van der Waals surface area contributed by atoms with Crippen molar-refractivity contribution in [1.82, 2.24) is 0 Å². The third kappa shape index (κ3) is 57.9. The second-order valence-electron chi connectivity index (χ2n) is 20.2. The van der Waals surface area contributed by atoms with Gasteiger partial charge in [-0.05, 0) is 89.9 Å². The van der Waals surface area contributed by atoms with Crippen LogP contribution in [0.1, 0.15) is 303 Å². The predicted molar refractivity (Wildman–Crippen MR) is 307 cm³/mol. The van der Waals surface area contributed by atoms with Crippen molar-refractivity contribution in [1.29, 1.82) is 0 Å². The Balaban J connectivity index is 4.28. The van der Waals surface area contributed by atoms with E-state index in [1.54, 1.807) is 0 Å². The summed E-state index contributed by atoms with van der Waals surface area (Å²) in [4.78, 5) is 25.6. The summed E-state index contributed by atoms with van der Waals surface area (Å²) in [5, 5.41) is 0. The van der Waals surface area contributed by atoms with Gasteiger partial charge in [0.05, 0.1) is 6.61 Å². The van der Waals surface area contributed by atoms with Crippen molar-refractivity contribution < 1.29 is 23.8 Å². The Hall–Kier alpha value is -2.66. The highest BCUT2D eigenvalue weighted by molar-refractivity contribution is 5.70. The first-order chi connectivity index (χ1) is 34.6. The van der Waals surface area contributed by atoms with Gasteiger partial charge in [0, 0.05) is 19.4 Å². The quantitative estimate of drug-likeness (QED) is 0.0345. The predicted octanol–water partition coefficient (Wildman–Crippen LogP) is 21.0. The molecule has 0 fully saturated rings. The topological polar surface area (TPSA) is 61.8 Å². The molecular weight excluding hydrogens is 861 g/mol. The van der Waals surface area contributed by atoms with Gasteiger partial charge in [0.15, 0.2) is 6.10 Å². The fraction of sp³-hybridized carbons (Fsp3) is 0.785. The van der Waals surface area contributed by atoms with Crippen molar-refractivity contribution in [3.63, 3.8) is 0 Å². The molecule has 0 rings (SSSR count). The number of carbonyl (C=O) groups excluding carboxylic acids is 2. The van der Waals surface area contributed by atoms with Crippen LogP contribution in [0.2, 0.25) is 0 Å². The fourth-order valence-electron chi connectivity index (χ4n) is 8.71. The zero-order valence-electron chi connectivity index (χ0n) is 46.8. The third-order valence-electron chi connectivity index (χ3n) is 13.2. The van der Waals surface area contributed by atoms with Gasteiger partial charge in [-0.3, -0.25) is 9.59 Å². The lowest BCUT2D eigenvalue weighted by atomic mass is 10.0. The van der Waals surface area contributed by atoms with Crippen LogP contribution in [-0.4, -0.2) is 37.9 Å². The lowest BCUT2D eigenvalue weighted by Crippen LogP contribution is -2.30. The molecule has 0 aliphatic rings. The number of unbranched alkanes of at least 4 members (excludes halogenated alkanes) is 33. The van der Waals surface area contributed by atoms with E-state index in [0.717, 1.165) is 70.6 Å². The molecule has 0 heterocycles. The molecule has 0 N–H and O–H groups in total. The van der Waals surface area contributed by atoms with Gasteiger partial charge in [-0.15, -0.1) is 0 Å². The second-order valence-corrected chi connectivity index (χ2v) is 20.2. The Morgan fingerprint density at radius 1 is 0.329 bits per heavy atom. The summed E-state index contributed by atoms with van der Waals surface area (Å²) in [5.74, 6) is -0.395. The molecule has 0 spiro atoms. The van der Waals surface area contributed by atoms with Gasteiger partial charge in [-0.2, -0.15) is 0 Å². The summed E-state index contributed by atoms with van der Waals surface area (Å²) in [6.07, 6.45) is 79.3. The van der Waals surface area contributed by atoms with Gasteiger partial charge in [-0.1, -0.05) is 273 Å². The molecule has 1 atom stereocenters. The Labute approximate surface area is 436 Å². The molecular formula is C65H116O5. The van der Waals surface area contributed by atoms with Crippen LogP contribution in [0.5, 0.6) is 0 Å². The summed E-state index contributed by atoms with van der Waals surface area (Å²) < 4.78 is 17.5. The Morgan fingerprint density at radius 3 is 1.06 bits per heavy atom. The number of hydrogen-bond donors (Lipinski definition) is 0. The zero-order chi connectivity index (χ0) is 50.6. The number of allylic oxidation sites excluding steroid dienone is 12. The minimum Gasteiger partial charge on any atom is -0.462 e. The maximum absolute atomic E-state index is 12.9. The molecule has 0 aromatic heterocycles. The number of hydrogen-bond acceptors (Lipinski definition) is 5. The first kappa shape index (κ1) is 67.3. The summed E-state index contributed by atoms with van der Waals surface area (Å²) >= 11 is 0. The molecule has 0 aliphatic carbocycles. The van der Waals surface area contributed by atoms with E-state index in [0.29, 0.717) is 19.4 Å². The van der Waals surface area contributed by atoms with E-state index in [2.05, 4.69) is 93.7 Å². The highest BCUT2D eigenvalue weighted by Gasteiger charge is 2.17. The summed E-state index contributed by atoms with van der Waals surface area (Å²) in [6.45, 7) is 7.71. The van der Waals surface area contributed by atoms with E-state index in [9.17, 15) is 9.59 Å². The first-order valence-electron chi connectivity index (χ1n) is 30.5. The normalized spacial score (nSPS) is 12.7. The smallest absolute Gasteiger partial charge is 0.306 e. The van der Waals surface area contributed by atoms with E-state index in [-0.39, 0.29) is 25.2 Å². The monoisotopic (exact) mass is 977 g/mol. The molecule has 406 valence electrons. The van der Waals surface area contributed by atoms with Crippen molar-refractivity contribution in [3.8, 4) is 0 Å². The summed E-state index contributed by atoms with van der Waals surface area (Å²) in [5.41, 5.74) is 0. The molecule has 1 unspecified atom stereocenters. The third-order valence-corrected chi connectivity index (χ3v) is 13.2. The molecule has 0 radical (unpaired) electrons. The number of carbonyl (C=O) groups is 2. The molecule has 0 amide bonds. The summed E-state index contributed by atoms with van der Waals surface area (Å²) in [7, 11) is 0. The molecule has 0 aromatic rings. The molecule has 0 aromatic carbocycles. The molecule has 0 aliphatic heterocycles. The van der Waals surface area contributed by atoms with Gasteiger partial charge in [-0.25, -0.2) is 0 Å². The van der Waals surface area contributed by atoms with Gasteiger partial charge in [0.25, 0.3) is 0 Å². The molecule has 5 nitrogen and oxygen atoms in total. The molecule has 5 heteroatoms. The average Bonchev–Trinajstić information content (AvgIpc) is 3.36. The van der Waals surface area contributed by atoms with Gasteiger partial charge < -0.3 is 14.2 Å². The number of ether oxygens (including phenoxy) is 3. The van der Waals surface area contributed by atoms with Crippen LogP contribution in [0, 0.1) is 0 Å². The van der Waals surface area contributed by atoms with Crippen molar-refractivity contribution >= 4 is 11.9 Å². The van der Waals surface area contributed by atoms with E-state index in [1.165, 1.54) is 199 Å². The molecule has 0 saturated heterocycles. The van der Waals surface area contributed by atoms with Crippen molar-refractivity contribution in [2.24, 2.45) is 0 Å². The fourth-order valence-corrected chi connectivity index (χ4v) is 8.71. The highest BCUT2D eigenvalue weighted by Crippen LogP contribution is 2.16. The van der Waals surface area contributed by atoms with Gasteiger partial charge >= 0.3 is 11.9 Å². The average molecular weight is 978 g/mol. The first-order valence-corrected chi connectivity index (χ1v) is 30.5. The molecule has 70 heavy (non-hydrogen) atoms. The number of rotatable bonds is 56. The van der Waals surface area contributed by atoms with Crippen LogP contribution in [-0.2, 0) is 23.8 Å². The Bertz CT molecular complexity index is 1240. The van der Waals surface area contributed by atoms with Crippen LogP contribution >= 0.6 is 0 Å². The van der Waals surface area contributed by atoms with E-state index in [4.69, 9.17) is 14.2 Å². The lowest BCUT2D eigenvalue weighted by molar-refractivity contribution is -0.163. The Kier molecular flexibility index (Phi) is 58.3. The minimum absolute atomic E-state index is 0.0797. The van der Waals surface area contributed by atoms with Crippen LogP contribution in [0.4, 0.5) is 0 Å². The van der Waals surface area contributed by atoms with Crippen LogP contribution < -0.4 is 0 Å². The van der Waals surface area contributed by atoms with Crippen molar-refractivity contribution in [3.05, 3.63) is 72.9 Å². The Morgan fingerprint density at radius 2 is 0.643 bits per heavy atom. The molecule has 0 saturated carbocycles. The zero-order valence-corrected chi connectivity index (χ0v) is 46.8. The highest BCUT2D eigenvalue weighted by atomic mass is 16.6. The molecule has 0 bridgehead atoms. The van der Waals surface area contributed by atoms with Crippen LogP contribution in [0.25, 0.3) is 0 Å². The lowest BCUT2D eigenvalue weighted by Gasteiger charge is -2.18. The number of esters is 2. The largest absolute Gasteiger partial charge is 0.462 e. The minimum atomic E-state index is -0.545. The van der Waals surface area contributed by atoms with Gasteiger partial charge in [0.1, 0.15) is 6.61 Å². The van der Waals surface area contributed by atoms with E-state index >= 15 is 0 Å². The summed E-state index contributed by atoms with van der Waals surface area (Å²) in [6, 6.07) is 0. The van der Waals surface area contributed by atoms with Crippen molar-refractivity contribution in [2.45, 2.75) is 309 Å². The standard InChI is InChI=1S/C65H116O5/c1-4-7-10-13-16-19-22-25-28-30-32-34-36-39-42-45-48-51-54-57-60-68-61-63(70-65(67)59-56-53-50-47-44-41-37-27-24-21-18-15-12-9-6-3)62-69-64(66)58-55-52-49-46-43-40-38-35-33-31-29-26-23-20-17-14-11-8-5-2/h7,10,16-17,19-20,25-26,28-29,32,34,63H,4-6,8-9,11-15,18,21-24,27,30-31,33,35-62H2,1-3H3/b10-7-,19-16-,20-17-,28-25-,29-26-,34-32-. The maximum atomic E-state index is 12.9. The SMILES string of the molecule is CC/C=C\C/C=C\C/C=C\C/C=C\CCCCCCCCCOCC(COC(=O)CCCCCCCCCCC/C=C\C/C=C\CCCCC)OC(=O)CCCCCCCCCCCCCCCCC.